The molecule has 0 heterocycles. The zero-order valence-electron chi connectivity index (χ0n) is 17.0. The lowest BCUT2D eigenvalue weighted by Gasteiger charge is -2.46. The van der Waals surface area contributed by atoms with Gasteiger partial charge >= 0.3 is 5.97 Å². The molecule has 0 saturated carbocycles. The van der Waals surface area contributed by atoms with Gasteiger partial charge in [-0.1, -0.05) is 19.0 Å². The molecule has 0 bridgehead atoms. The Kier molecular flexibility index (Phi) is 8.96. The van der Waals surface area contributed by atoms with Crippen molar-refractivity contribution in [3.8, 4) is 0 Å². The molecule has 0 rings (SSSR count). The Morgan fingerprint density at radius 3 is 1.96 bits per heavy atom. The van der Waals surface area contributed by atoms with Gasteiger partial charge in [-0.2, -0.15) is 0 Å². The van der Waals surface area contributed by atoms with Crippen LogP contribution in [0.5, 0.6) is 0 Å². The highest BCUT2D eigenvalue weighted by Crippen LogP contribution is 2.35. The summed E-state index contributed by atoms with van der Waals surface area (Å²) in [5.74, 6) is -2.88. The van der Waals surface area contributed by atoms with Crippen molar-refractivity contribution in [1.82, 2.24) is 0 Å². The lowest BCUT2D eigenvalue weighted by Crippen LogP contribution is -2.64. The number of esters is 1. The van der Waals surface area contributed by atoms with Crippen molar-refractivity contribution >= 4 is 32.8 Å². The second kappa shape index (κ2) is 9.07. The number of hydrogen-bond donors (Lipinski definition) is 2. The Labute approximate surface area is 157 Å². The summed E-state index contributed by atoms with van der Waals surface area (Å²) in [6, 6.07) is 0.982. The molecule has 0 spiro atoms. The van der Waals surface area contributed by atoms with Crippen LogP contribution in [0.25, 0.3) is 0 Å². The zero-order chi connectivity index (χ0) is 20.1. The molecule has 0 saturated heterocycles. The van der Waals surface area contributed by atoms with E-state index in [1.165, 1.54) is 0 Å². The summed E-state index contributed by atoms with van der Waals surface area (Å²) in [5.41, 5.74) is -1.34. The molecule has 148 valence electrons. The average Bonchev–Trinajstić information content (AvgIpc) is 2.39. The molecule has 0 aliphatic rings. The van der Waals surface area contributed by atoms with Crippen molar-refractivity contribution < 1.29 is 28.6 Å². The Balaban J connectivity index is 5.88. The molecule has 0 aromatic rings. The van der Waals surface area contributed by atoms with Crippen molar-refractivity contribution in [2.75, 3.05) is 0 Å². The van der Waals surface area contributed by atoms with Gasteiger partial charge in [0.25, 0.3) is 5.97 Å². The highest BCUT2D eigenvalue weighted by atomic mass is 28.4. The SMILES string of the molecule is C=CC(=O)OC(C)(CCC[SiH3])C(O)C(O)(O[Si](C)(C)C)O[Si](C)(C)C. The number of hydrogen-bond acceptors (Lipinski definition) is 6. The van der Waals surface area contributed by atoms with Crippen LogP contribution >= 0.6 is 0 Å². The first-order valence-electron chi connectivity index (χ1n) is 8.75. The fourth-order valence-corrected chi connectivity index (χ4v) is 4.94. The van der Waals surface area contributed by atoms with E-state index in [4.69, 9.17) is 13.6 Å². The summed E-state index contributed by atoms with van der Waals surface area (Å²) in [5, 5.41) is 22.2. The van der Waals surface area contributed by atoms with Crippen LogP contribution in [0.15, 0.2) is 12.7 Å². The maximum atomic E-state index is 11.8. The first-order valence-corrected chi connectivity index (χ1v) is 17.0. The van der Waals surface area contributed by atoms with Crippen LogP contribution in [-0.2, 0) is 18.4 Å². The fraction of sp³-hybridized carbons (Fsp3) is 0.812. The van der Waals surface area contributed by atoms with Gasteiger partial charge in [-0.3, -0.25) is 0 Å². The van der Waals surface area contributed by atoms with Crippen LogP contribution < -0.4 is 0 Å². The van der Waals surface area contributed by atoms with Gasteiger partial charge in [0.15, 0.2) is 22.7 Å². The van der Waals surface area contributed by atoms with Crippen molar-refractivity contribution in [2.45, 2.75) is 82.8 Å². The third-order valence-corrected chi connectivity index (χ3v) is 5.87. The van der Waals surface area contributed by atoms with Crippen molar-refractivity contribution in [3.63, 3.8) is 0 Å². The van der Waals surface area contributed by atoms with Gasteiger partial charge in [-0.15, -0.1) is 0 Å². The highest BCUT2D eigenvalue weighted by Gasteiger charge is 2.54. The monoisotopic (exact) mass is 408 g/mol. The topological polar surface area (TPSA) is 85.2 Å². The highest BCUT2D eigenvalue weighted by molar-refractivity contribution is 6.70. The van der Waals surface area contributed by atoms with Gasteiger partial charge in [0, 0.05) is 16.3 Å². The van der Waals surface area contributed by atoms with Gasteiger partial charge in [-0.05, 0) is 52.6 Å². The van der Waals surface area contributed by atoms with E-state index < -0.39 is 40.3 Å². The standard InChI is InChI=1S/C16H36O6Si3/c1-9-13(17)20-15(2,11-10-12-23)14(18)16(19,21-24(3,4)5)22-25(6,7)8/h9,14,18-19H,1,10-12H2,2-8,23H3. The summed E-state index contributed by atoms with van der Waals surface area (Å²) in [6.45, 7) is 16.4. The van der Waals surface area contributed by atoms with E-state index in [0.717, 1.165) is 28.8 Å². The van der Waals surface area contributed by atoms with E-state index in [1.807, 2.05) is 39.3 Å². The number of ether oxygens (including phenoxy) is 1. The lowest BCUT2D eigenvalue weighted by molar-refractivity contribution is -0.356. The molecular formula is C16H36O6Si3. The molecule has 0 aromatic heterocycles. The first-order chi connectivity index (χ1) is 11.1. The van der Waals surface area contributed by atoms with Crippen molar-refractivity contribution in [1.29, 1.82) is 0 Å². The summed E-state index contributed by atoms with van der Waals surface area (Å²) >= 11 is 0. The third kappa shape index (κ3) is 8.76. The molecule has 2 N–H and O–H groups in total. The summed E-state index contributed by atoms with van der Waals surface area (Å²) < 4.78 is 17.2. The van der Waals surface area contributed by atoms with Crippen LogP contribution in [0.1, 0.15) is 19.8 Å². The lowest BCUT2D eigenvalue weighted by atomic mass is 9.91. The van der Waals surface area contributed by atoms with Gasteiger partial charge < -0.3 is 23.8 Å². The molecule has 9 heteroatoms. The van der Waals surface area contributed by atoms with Crippen molar-refractivity contribution in [3.05, 3.63) is 12.7 Å². The Morgan fingerprint density at radius 1 is 1.20 bits per heavy atom. The number of carbonyl (C=O) groups is 1. The van der Waals surface area contributed by atoms with Crippen LogP contribution in [0.3, 0.4) is 0 Å². The maximum absolute atomic E-state index is 11.8. The molecule has 25 heavy (non-hydrogen) atoms. The molecular weight excluding hydrogens is 372 g/mol. The van der Waals surface area contributed by atoms with Crippen LogP contribution in [0, 0.1) is 0 Å². The van der Waals surface area contributed by atoms with E-state index in [0.29, 0.717) is 6.42 Å². The van der Waals surface area contributed by atoms with Gasteiger partial charge in [0.2, 0.25) is 0 Å². The summed E-state index contributed by atoms with van der Waals surface area (Å²) in [6.07, 6.45) is 0.656. The van der Waals surface area contributed by atoms with E-state index in [2.05, 4.69) is 6.58 Å². The minimum absolute atomic E-state index is 0.393. The number of aliphatic hydroxyl groups is 2. The van der Waals surface area contributed by atoms with Gasteiger partial charge in [0.1, 0.15) is 5.60 Å². The number of carbonyl (C=O) groups excluding carboxylic acids is 1. The van der Waals surface area contributed by atoms with Crippen molar-refractivity contribution in [2.24, 2.45) is 0 Å². The molecule has 2 atom stereocenters. The number of rotatable bonds is 11. The Bertz CT molecular complexity index is 442. The first kappa shape index (κ1) is 24.7. The van der Waals surface area contributed by atoms with E-state index in [1.54, 1.807) is 6.92 Å². The second-order valence-corrected chi connectivity index (χ2v) is 18.4. The Morgan fingerprint density at radius 2 is 1.64 bits per heavy atom. The molecule has 6 nitrogen and oxygen atoms in total. The fourth-order valence-electron chi connectivity index (χ4n) is 2.44. The number of aliphatic hydroxyl groups excluding tert-OH is 1. The van der Waals surface area contributed by atoms with Crippen LogP contribution in [-0.4, -0.2) is 60.7 Å². The molecule has 0 radical (unpaired) electrons. The smallest absolute Gasteiger partial charge is 0.330 e. The minimum Gasteiger partial charge on any atom is -0.453 e. The van der Waals surface area contributed by atoms with E-state index in [-0.39, 0.29) is 0 Å². The maximum Gasteiger partial charge on any atom is 0.330 e. The van der Waals surface area contributed by atoms with Gasteiger partial charge in [0.05, 0.1) is 0 Å². The largest absolute Gasteiger partial charge is 0.453 e. The predicted octanol–water partition coefficient (Wildman–Crippen LogP) is 1.75. The molecule has 0 fully saturated rings. The molecule has 0 amide bonds. The minimum atomic E-state index is -2.28. The van der Waals surface area contributed by atoms with E-state index >= 15 is 0 Å². The quantitative estimate of drug-likeness (QED) is 0.234. The van der Waals surface area contributed by atoms with Gasteiger partial charge in [-0.25, -0.2) is 4.79 Å². The predicted molar refractivity (Wildman–Crippen MR) is 108 cm³/mol. The van der Waals surface area contributed by atoms with E-state index in [9.17, 15) is 15.0 Å². The second-order valence-electron chi connectivity index (χ2n) is 8.50. The molecule has 2 unspecified atom stereocenters. The van der Waals surface area contributed by atoms with Crippen LogP contribution in [0.4, 0.5) is 0 Å². The summed E-state index contributed by atoms with van der Waals surface area (Å²) in [7, 11) is -3.56. The normalized spacial score (nSPS) is 17.0. The third-order valence-electron chi connectivity index (χ3n) is 3.36. The summed E-state index contributed by atoms with van der Waals surface area (Å²) in [4.78, 5) is 11.8. The Hall–Kier alpha value is -0.299. The molecule has 0 aliphatic heterocycles. The van der Waals surface area contributed by atoms with Crippen LogP contribution in [0.2, 0.25) is 45.3 Å². The average molecular weight is 409 g/mol. The molecule has 0 aliphatic carbocycles. The zero-order valence-corrected chi connectivity index (χ0v) is 21.0. The molecule has 0 aromatic carbocycles.